The Kier molecular flexibility index (Phi) is 7.58. The smallest absolute Gasteiger partial charge is 0.335 e. The summed E-state index contributed by atoms with van der Waals surface area (Å²) in [6.07, 6.45) is 2.17. The fraction of sp³-hybridized carbons (Fsp3) is 0.462. The van der Waals surface area contributed by atoms with E-state index in [9.17, 15) is 9.90 Å². The third kappa shape index (κ3) is 5.98. The highest BCUT2D eigenvalue weighted by molar-refractivity contribution is 7.22. The molecule has 34 heavy (non-hydrogen) atoms. The van der Waals surface area contributed by atoms with E-state index in [2.05, 4.69) is 22.3 Å². The van der Waals surface area contributed by atoms with Gasteiger partial charge in [0.25, 0.3) is 0 Å². The van der Waals surface area contributed by atoms with Crippen molar-refractivity contribution in [2.75, 3.05) is 18.0 Å². The van der Waals surface area contributed by atoms with Gasteiger partial charge in [0.1, 0.15) is 11.5 Å². The van der Waals surface area contributed by atoms with E-state index in [0.717, 1.165) is 58.3 Å². The molecule has 1 fully saturated rings. The van der Waals surface area contributed by atoms with Crippen molar-refractivity contribution in [3.8, 4) is 11.5 Å². The summed E-state index contributed by atoms with van der Waals surface area (Å²) in [6, 6.07) is 11.6. The van der Waals surface area contributed by atoms with Gasteiger partial charge in [-0.15, -0.1) is 0 Å². The van der Waals surface area contributed by atoms with Crippen LogP contribution in [0.4, 0.5) is 5.13 Å². The molecule has 1 aliphatic rings. The van der Waals surface area contributed by atoms with Crippen molar-refractivity contribution in [3.63, 3.8) is 0 Å². The first-order chi connectivity index (χ1) is 16.3. The molecule has 2 aromatic carbocycles. The molecule has 2 heterocycles. The first-order valence-electron chi connectivity index (χ1n) is 11.9. The number of anilines is 1. The number of ether oxygens (including phenoxy) is 2. The minimum Gasteiger partial charge on any atom is -0.491 e. The standard InChI is InChI=1S/C26H33N3O4S/c1-16(2)32-21-11-18(12-22(14-21)33-17(3)4)15-29(20-7-9-27-10-8-20)26-28-23-6-5-19(25(30)31)13-24(23)34-26/h5-6,11-14,16-17,20,27H,7-10,15H2,1-4H3,(H,30,31). The van der Waals surface area contributed by atoms with E-state index in [0.29, 0.717) is 12.6 Å². The van der Waals surface area contributed by atoms with Gasteiger partial charge in [-0.2, -0.15) is 0 Å². The van der Waals surface area contributed by atoms with E-state index >= 15 is 0 Å². The van der Waals surface area contributed by atoms with Crippen LogP contribution in [0.2, 0.25) is 0 Å². The number of nitrogens with zero attached hydrogens (tertiary/aromatic N) is 2. The van der Waals surface area contributed by atoms with Crippen LogP contribution in [0.15, 0.2) is 36.4 Å². The summed E-state index contributed by atoms with van der Waals surface area (Å²) in [5.41, 5.74) is 2.20. The normalized spacial score (nSPS) is 14.6. The van der Waals surface area contributed by atoms with Crippen LogP contribution in [0.1, 0.15) is 56.5 Å². The molecule has 0 spiro atoms. The Morgan fingerprint density at radius 2 is 1.74 bits per heavy atom. The van der Waals surface area contributed by atoms with Crippen molar-refractivity contribution < 1.29 is 19.4 Å². The third-order valence-corrected chi connectivity index (χ3v) is 6.71. The van der Waals surface area contributed by atoms with Gasteiger partial charge in [0.05, 0.1) is 28.0 Å². The third-order valence-electron chi connectivity index (χ3n) is 5.66. The second-order valence-electron chi connectivity index (χ2n) is 9.24. The molecule has 2 N–H and O–H groups in total. The highest BCUT2D eigenvalue weighted by Gasteiger charge is 2.25. The van der Waals surface area contributed by atoms with E-state index < -0.39 is 5.97 Å². The van der Waals surface area contributed by atoms with Crippen LogP contribution in [0.3, 0.4) is 0 Å². The lowest BCUT2D eigenvalue weighted by molar-refractivity contribution is 0.0697. The maximum atomic E-state index is 11.4. The molecule has 182 valence electrons. The Bertz CT molecular complexity index is 1110. The highest BCUT2D eigenvalue weighted by Crippen LogP contribution is 2.34. The van der Waals surface area contributed by atoms with Gasteiger partial charge in [-0.3, -0.25) is 0 Å². The number of aromatic nitrogens is 1. The number of carboxylic acid groups (broad SMARTS) is 1. The molecule has 1 saturated heterocycles. The highest BCUT2D eigenvalue weighted by atomic mass is 32.1. The van der Waals surface area contributed by atoms with Gasteiger partial charge in [-0.05, 0) is 89.5 Å². The van der Waals surface area contributed by atoms with E-state index in [1.165, 1.54) is 0 Å². The van der Waals surface area contributed by atoms with Crippen molar-refractivity contribution in [1.82, 2.24) is 10.3 Å². The van der Waals surface area contributed by atoms with Crippen LogP contribution in [0.25, 0.3) is 10.2 Å². The second-order valence-corrected chi connectivity index (χ2v) is 10.2. The molecule has 0 radical (unpaired) electrons. The molecule has 7 nitrogen and oxygen atoms in total. The Morgan fingerprint density at radius 1 is 1.09 bits per heavy atom. The van der Waals surface area contributed by atoms with Crippen LogP contribution < -0.4 is 19.7 Å². The van der Waals surface area contributed by atoms with E-state index in [-0.39, 0.29) is 17.8 Å². The predicted molar refractivity (Wildman–Crippen MR) is 137 cm³/mol. The molecule has 1 aliphatic heterocycles. The van der Waals surface area contributed by atoms with Crippen molar-refractivity contribution in [1.29, 1.82) is 0 Å². The predicted octanol–water partition coefficient (Wildman–Crippen LogP) is 5.33. The zero-order chi connectivity index (χ0) is 24.2. The molecule has 1 aromatic heterocycles. The maximum absolute atomic E-state index is 11.4. The van der Waals surface area contributed by atoms with Gasteiger partial charge >= 0.3 is 5.97 Å². The Morgan fingerprint density at radius 3 is 2.32 bits per heavy atom. The number of benzene rings is 2. The van der Waals surface area contributed by atoms with Crippen molar-refractivity contribution in [2.24, 2.45) is 0 Å². The average Bonchev–Trinajstić information content (AvgIpc) is 3.20. The summed E-state index contributed by atoms with van der Waals surface area (Å²) in [5.74, 6) is 0.666. The molecule has 0 atom stereocenters. The van der Waals surface area contributed by atoms with Crippen LogP contribution in [-0.4, -0.2) is 47.4 Å². The Balaban J connectivity index is 1.70. The zero-order valence-electron chi connectivity index (χ0n) is 20.2. The lowest BCUT2D eigenvalue weighted by Gasteiger charge is -2.34. The minimum atomic E-state index is -0.924. The largest absolute Gasteiger partial charge is 0.491 e. The fourth-order valence-electron chi connectivity index (χ4n) is 4.24. The van der Waals surface area contributed by atoms with Crippen LogP contribution in [-0.2, 0) is 6.54 Å². The second kappa shape index (κ2) is 10.6. The molecule has 4 rings (SSSR count). The maximum Gasteiger partial charge on any atom is 0.335 e. The molecule has 0 saturated carbocycles. The van der Waals surface area contributed by atoms with E-state index in [4.69, 9.17) is 14.5 Å². The van der Waals surface area contributed by atoms with Crippen LogP contribution >= 0.6 is 11.3 Å². The summed E-state index contributed by atoms with van der Waals surface area (Å²) in [7, 11) is 0. The Hall–Kier alpha value is -2.84. The van der Waals surface area contributed by atoms with Crippen LogP contribution in [0.5, 0.6) is 11.5 Å². The molecule has 0 aliphatic carbocycles. The number of hydrogen-bond acceptors (Lipinski definition) is 7. The summed E-state index contributed by atoms with van der Waals surface area (Å²) in [4.78, 5) is 18.7. The quantitative estimate of drug-likeness (QED) is 0.426. The SMILES string of the molecule is CC(C)Oc1cc(CN(c2nc3ccc(C(=O)O)cc3s2)C2CCNCC2)cc(OC(C)C)c1. The molecule has 0 amide bonds. The molecular formula is C26H33N3O4S. The number of aromatic carboxylic acids is 1. The van der Waals surface area contributed by atoms with Gasteiger partial charge in [-0.25, -0.2) is 9.78 Å². The number of nitrogens with one attached hydrogen (secondary N) is 1. The molecule has 3 aromatic rings. The van der Waals surface area contributed by atoms with Gasteiger partial charge in [0, 0.05) is 18.7 Å². The average molecular weight is 484 g/mol. The van der Waals surface area contributed by atoms with Crippen molar-refractivity contribution in [3.05, 3.63) is 47.5 Å². The summed E-state index contributed by atoms with van der Waals surface area (Å²) in [5, 5.41) is 13.7. The minimum absolute atomic E-state index is 0.0652. The number of carbonyl (C=O) groups is 1. The summed E-state index contributed by atoms with van der Waals surface area (Å²) in [6.45, 7) is 10.7. The first kappa shape index (κ1) is 24.3. The number of piperidine rings is 1. The number of hydrogen-bond donors (Lipinski definition) is 2. The number of fused-ring (bicyclic) bond motifs is 1. The fourth-order valence-corrected chi connectivity index (χ4v) is 5.31. The number of rotatable bonds is 9. The van der Waals surface area contributed by atoms with E-state index in [1.807, 2.05) is 33.8 Å². The van der Waals surface area contributed by atoms with Crippen molar-refractivity contribution >= 4 is 32.7 Å². The van der Waals surface area contributed by atoms with E-state index in [1.54, 1.807) is 29.5 Å². The zero-order valence-corrected chi connectivity index (χ0v) is 21.0. The van der Waals surface area contributed by atoms with Crippen LogP contribution in [0, 0.1) is 0 Å². The molecule has 0 unspecified atom stereocenters. The number of thiazole rings is 1. The Labute approximate surface area is 204 Å². The van der Waals surface area contributed by atoms with Gasteiger partial charge in [0.15, 0.2) is 5.13 Å². The van der Waals surface area contributed by atoms with Gasteiger partial charge in [0.2, 0.25) is 0 Å². The number of carboxylic acids is 1. The van der Waals surface area contributed by atoms with Crippen molar-refractivity contribution in [2.45, 2.75) is 65.3 Å². The van der Waals surface area contributed by atoms with Gasteiger partial charge < -0.3 is 24.8 Å². The molecular weight excluding hydrogens is 450 g/mol. The monoisotopic (exact) mass is 483 g/mol. The van der Waals surface area contributed by atoms with Gasteiger partial charge in [-0.1, -0.05) is 11.3 Å². The summed E-state index contributed by atoms with van der Waals surface area (Å²) < 4.78 is 12.9. The molecule has 0 bridgehead atoms. The lowest BCUT2D eigenvalue weighted by Crippen LogP contribution is -2.43. The summed E-state index contributed by atoms with van der Waals surface area (Å²) >= 11 is 1.55. The topological polar surface area (TPSA) is 83.9 Å². The lowest BCUT2D eigenvalue weighted by atomic mass is 10.0. The first-order valence-corrected chi connectivity index (χ1v) is 12.7. The molecule has 8 heteroatoms.